The molecule has 21 heavy (non-hydrogen) atoms. The van der Waals surface area contributed by atoms with E-state index in [1.165, 1.54) is 5.56 Å². The van der Waals surface area contributed by atoms with Gasteiger partial charge < -0.3 is 0 Å². The van der Waals surface area contributed by atoms with Gasteiger partial charge in [-0.15, -0.1) is 23.1 Å². The fourth-order valence-corrected chi connectivity index (χ4v) is 3.16. The van der Waals surface area contributed by atoms with E-state index >= 15 is 0 Å². The maximum atomic E-state index is 12.0. The topological polar surface area (TPSA) is 41.5 Å². The third-order valence-corrected chi connectivity index (χ3v) is 5.12. The Morgan fingerprint density at radius 1 is 1.29 bits per heavy atom. The van der Waals surface area contributed by atoms with Crippen molar-refractivity contribution >= 4 is 34.7 Å². The van der Waals surface area contributed by atoms with E-state index in [9.17, 15) is 4.79 Å². The van der Waals surface area contributed by atoms with Crippen molar-refractivity contribution in [1.29, 1.82) is 0 Å². The Morgan fingerprint density at radius 3 is 2.71 bits per heavy atom. The van der Waals surface area contributed by atoms with Gasteiger partial charge in [0.15, 0.2) is 0 Å². The zero-order valence-electron chi connectivity index (χ0n) is 12.1. The molecular weight excluding hydrogens is 300 g/mol. The number of nitrogens with one attached hydrogen (secondary N) is 1. The van der Waals surface area contributed by atoms with E-state index in [4.69, 9.17) is 0 Å². The van der Waals surface area contributed by atoms with Crippen LogP contribution in [0.25, 0.3) is 0 Å². The molecular formula is C16H18N2OS2. The Morgan fingerprint density at radius 2 is 2.05 bits per heavy atom. The summed E-state index contributed by atoms with van der Waals surface area (Å²) in [7, 11) is 0. The molecule has 1 N–H and O–H groups in total. The molecule has 0 fully saturated rings. The number of benzene rings is 1. The van der Waals surface area contributed by atoms with Crippen LogP contribution in [0.1, 0.15) is 24.3 Å². The van der Waals surface area contributed by atoms with Gasteiger partial charge in [-0.3, -0.25) is 4.79 Å². The number of carbonyl (C=O) groups excluding carboxylic acids is 1. The quantitative estimate of drug-likeness (QED) is 0.648. The van der Waals surface area contributed by atoms with Gasteiger partial charge in [0.25, 0.3) is 5.91 Å². The third-order valence-electron chi connectivity index (χ3n) is 2.92. The van der Waals surface area contributed by atoms with Crippen LogP contribution in [0.5, 0.6) is 0 Å². The van der Waals surface area contributed by atoms with Crippen LogP contribution < -0.4 is 5.43 Å². The highest BCUT2D eigenvalue weighted by Crippen LogP contribution is 2.17. The van der Waals surface area contributed by atoms with Crippen LogP contribution in [0.4, 0.5) is 0 Å². The molecule has 0 spiro atoms. The summed E-state index contributed by atoms with van der Waals surface area (Å²) in [5.41, 5.74) is 4.70. The predicted octanol–water partition coefficient (Wildman–Crippen LogP) is 3.91. The minimum atomic E-state index is -0.134. The zero-order valence-corrected chi connectivity index (χ0v) is 13.7. The van der Waals surface area contributed by atoms with E-state index < -0.39 is 0 Å². The van der Waals surface area contributed by atoms with Crippen molar-refractivity contribution in [1.82, 2.24) is 5.43 Å². The average Bonchev–Trinajstić information content (AvgIpc) is 3.05. The molecule has 1 aromatic heterocycles. The summed E-state index contributed by atoms with van der Waals surface area (Å²) in [5, 5.41) is 6.02. The van der Waals surface area contributed by atoms with Gasteiger partial charge in [-0.05, 0) is 30.9 Å². The monoisotopic (exact) mass is 318 g/mol. The lowest BCUT2D eigenvalue weighted by molar-refractivity contribution is -0.120. The Hall–Kier alpha value is -1.59. The maximum absolute atomic E-state index is 12.0. The van der Waals surface area contributed by atoms with Crippen LogP contribution in [-0.2, 0) is 10.5 Å². The Kier molecular flexibility index (Phi) is 6.02. The zero-order chi connectivity index (χ0) is 15.1. The average molecular weight is 318 g/mol. The smallest absolute Gasteiger partial charge is 0.252 e. The fraction of sp³-hybridized carbons (Fsp3) is 0.250. The highest BCUT2D eigenvalue weighted by atomic mass is 32.2. The molecule has 1 amide bonds. The van der Waals surface area contributed by atoms with Crippen LogP contribution in [0.2, 0.25) is 0 Å². The highest BCUT2D eigenvalue weighted by Gasteiger charge is 2.13. The molecule has 2 rings (SSSR count). The second-order valence-electron chi connectivity index (χ2n) is 4.59. The predicted molar refractivity (Wildman–Crippen MR) is 91.9 cm³/mol. The summed E-state index contributed by atoms with van der Waals surface area (Å²) in [6, 6.07) is 14.1. The van der Waals surface area contributed by atoms with Crippen molar-refractivity contribution in [2.24, 2.45) is 5.10 Å². The number of carbonyl (C=O) groups is 1. The summed E-state index contributed by atoms with van der Waals surface area (Å²) in [6.45, 7) is 3.80. The lowest BCUT2D eigenvalue weighted by Gasteiger charge is -2.09. The molecule has 0 aliphatic rings. The molecule has 0 aliphatic carbocycles. The first kappa shape index (κ1) is 15.8. The van der Waals surface area contributed by atoms with Crippen LogP contribution in [0.15, 0.2) is 52.9 Å². The van der Waals surface area contributed by atoms with E-state index in [2.05, 4.69) is 22.7 Å². The first-order chi connectivity index (χ1) is 10.2. The minimum absolute atomic E-state index is 0.0631. The highest BCUT2D eigenvalue weighted by molar-refractivity contribution is 7.99. The first-order valence-electron chi connectivity index (χ1n) is 6.70. The largest absolute Gasteiger partial charge is 0.272 e. The Bertz CT molecular complexity index is 594. The summed E-state index contributed by atoms with van der Waals surface area (Å²) in [6.07, 6.45) is 0. The van der Waals surface area contributed by atoms with Gasteiger partial charge in [0.1, 0.15) is 0 Å². The number of hydrogen-bond donors (Lipinski definition) is 1. The molecule has 0 aliphatic heterocycles. The van der Waals surface area contributed by atoms with Gasteiger partial charge in [-0.1, -0.05) is 36.4 Å². The summed E-state index contributed by atoms with van der Waals surface area (Å²) in [5.74, 6) is 0.759. The molecule has 110 valence electrons. The van der Waals surface area contributed by atoms with Gasteiger partial charge >= 0.3 is 0 Å². The molecule has 0 unspecified atom stereocenters. The standard InChI is InChI=1S/C16H18N2OS2/c1-12(15-9-6-10-20-15)17-18-16(19)13(2)21-11-14-7-4-3-5-8-14/h3-10,13H,11H2,1-2H3,(H,18,19)/b17-12-/t13-/m1/s1. The first-order valence-corrected chi connectivity index (χ1v) is 8.63. The number of nitrogens with zero attached hydrogens (tertiary/aromatic N) is 1. The number of hydrogen-bond acceptors (Lipinski definition) is 4. The maximum Gasteiger partial charge on any atom is 0.252 e. The van der Waals surface area contributed by atoms with Gasteiger partial charge in [0, 0.05) is 10.6 Å². The number of thiophene rings is 1. The number of thioether (sulfide) groups is 1. The fourth-order valence-electron chi connectivity index (χ4n) is 1.64. The summed E-state index contributed by atoms with van der Waals surface area (Å²) < 4.78 is 0. The van der Waals surface area contributed by atoms with Crippen LogP contribution in [0.3, 0.4) is 0 Å². The summed E-state index contributed by atoms with van der Waals surface area (Å²) >= 11 is 3.22. The molecule has 0 bridgehead atoms. The van der Waals surface area contributed by atoms with Crippen molar-refractivity contribution < 1.29 is 4.79 Å². The molecule has 1 heterocycles. The van der Waals surface area contributed by atoms with Crippen molar-refractivity contribution in [3.63, 3.8) is 0 Å². The van der Waals surface area contributed by atoms with Crippen molar-refractivity contribution in [3.8, 4) is 0 Å². The lowest BCUT2D eigenvalue weighted by Crippen LogP contribution is -2.27. The van der Waals surface area contributed by atoms with E-state index in [-0.39, 0.29) is 11.2 Å². The van der Waals surface area contributed by atoms with Gasteiger partial charge in [-0.2, -0.15) is 5.10 Å². The van der Waals surface area contributed by atoms with Gasteiger partial charge in [0.2, 0.25) is 0 Å². The lowest BCUT2D eigenvalue weighted by atomic mass is 10.2. The summed E-state index contributed by atoms with van der Waals surface area (Å²) in [4.78, 5) is 13.1. The minimum Gasteiger partial charge on any atom is -0.272 e. The van der Waals surface area contributed by atoms with Crippen LogP contribution in [-0.4, -0.2) is 16.9 Å². The van der Waals surface area contributed by atoms with E-state index in [0.29, 0.717) is 0 Å². The van der Waals surface area contributed by atoms with Crippen molar-refractivity contribution in [2.75, 3.05) is 0 Å². The van der Waals surface area contributed by atoms with E-state index in [1.807, 2.05) is 49.6 Å². The normalized spacial score (nSPS) is 13.0. The van der Waals surface area contributed by atoms with Gasteiger partial charge in [0.05, 0.1) is 11.0 Å². The van der Waals surface area contributed by atoms with Crippen molar-refractivity contribution in [2.45, 2.75) is 24.9 Å². The van der Waals surface area contributed by atoms with Gasteiger partial charge in [-0.25, -0.2) is 5.43 Å². The van der Waals surface area contributed by atoms with E-state index in [1.54, 1.807) is 23.1 Å². The second kappa shape index (κ2) is 8.00. The van der Waals surface area contributed by atoms with Crippen molar-refractivity contribution in [3.05, 3.63) is 58.3 Å². The van der Waals surface area contributed by atoms with Crippen LogP contribution >= 0.6 is 23.1 Å². The molecule has 1 atom stereocenters. The molecule has 0 saturated carbocycles. The number of hydrazone groups is 1. The molecule has 1 aromatic carbocycles. The number of rotatable bonds is 6. The molecule has 0 saturated heterocycles. The molecule has 5 heteroatoms. The Labute approximate surface area is 133 Å². The van der Waals surface area contributed by atoms with Crippen LogP contribution in [0, 0.1) is 0 Å². The molecule has 2 aromatic rings. The molecule has 3 nitrogen and oxygen atoms in total. The second-order valence-corrected chi connectivity index (χ2v) is 6.87. The SMILES string of the molecule is C/C(=N/NC(=O)[C@@H](C)SCc1ccccc1)c1cccs1. The number of amides is 1. The van der Waals surface area contributed by atoms with E-state index in [0.717, 1.165) is 16.3 Å². The Balaban J connectivity index is 1.81. The third kappa shape index (κ3) is 5.02. The molecule has 0 radical (unpaired) electrons.